The van der Waals surface area contributed by atoms with Crippen LogP contribution in [0.1, 0.15) is 0 Å². The molecular weight excluding hydrogens is 113 g/mol. The van der Waals surface area contributed by atoms with Gasteiger partial charge in [-0.2, -0.15) is 0 Å². The maximum Gasteiger partial charge on any atom is 0.0313 e. The van der Waals surface area contributed by atoms with Gasteiger partial charge in [0.05, 0.1) is 0 Å². The number of para-hydroxylation sites is 1. The molecule has 0 saturated heterocycles. The predicted molar refractivity (Wildman–Crippen MR) is 36.6 cm³/mol. The molecule has 0 amide bonds. The number of nitrogens with two attached hydrogens (primary N) is 1. The van der Waals surface area contributed by atoms with E-state index in [0.29, 0.717) is 0 Å². The van der Waals surface area contributed by atoms with Gasteiger partial charge in [-0.25, -0.2) is 0 Å². The first-order chi connectivity index (χ1) is 3.39. The van der Waals surface area contributed by atoms with Crippen LogP contribution in [0.15, 0.2) is 30.3 Å². The lowest BCUT2D eigenvalue weighted by atomic mass is 10.3. The Balaban J connectivity index is 0.000000490. The van der Waals surface area contributed by atoms with Gasteiger partial charge < -0.3 is 5.73 Å². The fraction of sp³-hybridized carbons (Fsp3) is 0. The Morgan fingerprint density at radius 2 is 1.50 bits per heavy atom. The van der Waals surface area contributed by atoms with E-state index in [1.165, 1.54) is 0 Å². The monoisotopic (exact) mass is 120 g/mol. The van der Waals surface area contributed by atoms with Gasteiger partial charge in [-0.15, -0.1) is 0 Å². The highest BCUT2D eigenvalue weighted by atomic mass is 27.0. The zero-order valence-corrected chi connectivity index (χ0v) is 5.70. The third-order valence-corrected chi connectivity index (χ3v) is 0.800. The van der Waals surface area contributed by atoms with Crippen LogP contribution in [-0.2, 0) is 0 Å². The molecule has 1 aromatic rings. The van der Waals surface area contributed by atoms with Gasteiger partial charge in [0.2, 0.25) is 0 Å². The second-order valence-corrected chi connectivity index (χ2v) is 1.41. The Kier molecular flexibility index (Phi) is 3.34. The summed E-state index contributed by atoms with van der Waals surface area (Å²) in [7, 11) is 0. The van der Waals surface area contributed by atoms with Crippen molar-refractivity contribution in [2.24, 2.45) is 0 Å². The van der Waals surface area contributed by atoms with Crippen molar-refractivity contribution < 1.29 is 0 Å². The molecule has 0 heterocycles. The molecule has 0 saturated carbocycles. The van der Waals surface area contributed by atoms with Crippen molar-refractivity contribution in [2.45, 2.75) is 0 Å². The second kappa shape index (κ2) is 3.54. The fourth-order valence-corrected chi connectivity index (χ4v) is 0.453. The molecule has 0 unspecified atom stereocenters. The normalized spacial score (nSPS) is 7.50. The largest absolute Gasteiger partial charge is 0.399 e. The van der Waals surface area contributed by atoms with Crippen LogP contribution in [0.3, 0.4) is 0 Å². The Hall–Kier alpha value is -0.448. The molecule has 0 fully saturated rings. The van der Waals surface area contributed by atoms with E-state index in [-0.39, 0.29) is 17.4 Å². The molecule has 0 aliphatic heterocycles. The standard InChI is InChI=1S/C6H7N.Al/c7-6-4-2-1-3-5-6;/h1-5H,7H2;. The van der Waals surface area contributed by atoms with Crippen molar-refractivity contribution in [3.05, 3.63) is 30.3 Å². The molecule has 0 bridgehead atoms. The zero-order chi connectivity index (χ0) is 5.11. The van der Waals surface area contributed by atoms with Crippen molar-refractivity contribution in [2.75, 3.05) is 5.73 Å². The topological polar surface area (TPSA) is 26.0 Å². The quantitative estimate of drug-likeness (QED) is 0.399. The molecule has 0 aromatic heterocycles. The molecular formula is C6H7AlN. The van der Waals surface area contributed by atoms with Gasteiger partial charge in [-0.1, -0.05) is 18.2 Å². The van der Waals surface area contributed by atoms with Gasteiger partial charge in [0, 0.05) is 23.0 Å². The van der Waals surface area contributed by atoms with Crippen molar-refractivity contribution in [1.82, 2.24) is 0 Å². The van der Waals surface area contributed by atoms with Crippen LogP contribution in [0.4, 0.5) is 5.69 Å². The van der Waals surface area contributed by atoms with E-state index in [2.05, 4.69) is 0 Å². The number of rotatable bonds is 0. The molecule has 0 atom stereocenters. The van der Waals surface area contributed by atoms with Crippen LogP contribution >= 0.6 is 0 Å². The molecule has 3 radical (unpaired) electrons. The van der Waals surface area contributed by atoms with Crippen LogP contribution in [0.2, 0.25) is 0 Å². The summed E-state index contributed by atoms with van der Waals surface area (Å²) in [6, 6.07) is 9.49. The maximum atomic E-state index is 5.36. The van der Waals surface area contributed by atoms with E-state index < -0.39 is 0 Å². The predicted octanol–water partition coefficient (Wildman–Crippen LogP) is 0.888. The molecule has 2 heteroatoms. The fourth-order valence-electron chi connectivity index (χ4n) is 0.453. The average molecular weight is 120 g/mol. The lowest BCUT2D eigenvalue weighted by Crippen LogP contribution is -1.79. The summed E-state index contributed by atoms with van der Waals surface area (Å²) in [6.07, 6.45) is 0. The Morgan fingerprint density at radius 1 is 1.00 bits per heavy atom. The number of nitrogen functional groups attached to an aromatic ring is 1. The van der Waals surface area contributed by atoms with Crippen LogP contribution in [0.5, 0.6) is 0 Å². The van der Waals surface area contributed by atoms with E-state index in [1.807, 2.05) is 30.3 Å². The van der Waals surface area contributed by atoms with Crippen molar-refractivity contribution in [1.29, 1.82) is 0 Å². The van der Waals surface area contributed by atoms with Gasteiger partial charge in [-0.05, 0) is 12.1 Å². The number of anilines is 1. The van der Waals surface area contributed by atoms with Gasteiger partial charge in [0.25, 0.3) is 0 Å². The number of hydrogen-bond donors (Lipinski definition) is 1. The van der Waals surface area contributed by atoms with E-state index in [9.17, 15) is 0 Å². The minimum absolute atomic E-state index is 0. The molecule has 8 heavy (non-hydrogen) atoms. The lowest BCUT2D eigenvalue weighted by Gasteiger charge is -1.83. The summed E-state index contributed by atoms with van der Waals surface area (Å²) in [5.41, 5.74) is 6.18. The summed E-state index contributed by atoms with van der Waals surface area (Å²) < 4.78 is 0. The minimum atomic E-state index is 0. The molecule has 1 rings (SSSR count). The zero-order valence-electron chi connectivity index (χ0n) is 4.54. The van der Waals surface area contributed by atoms with Crippen molar-refractivity contribution in [3.63, 3.8) is 0 Å². The molecule has 2 N–H and O–H groups in total. The first-order valence-electron chi connectivity index (χ1n) is 2.20. The van der Waals surface area contributed by atoms with Gasteiger partial charge in [0.15, 0.2) is 0 Å². The molecule has 1 aromatic carbocycles. The van der Waals surface area contributed by atoms with E-state index in [1.54, 1.807) is 0 Å². The molecule has 39 valence electrons. The average Bonchev–Trinajstić information content (AvgIpc) is 1.69. The van der Waals surface area contributed by atoms with Gasteiger partial charge in [-0.3, -0.25) is 0 Å². The van der Waals surface area contributed by atoms with E-state index >= 15 is 0 Å². The summed E-state index contributed by atoms with van der Waals surface area (Å²) >= 11 is 0. The Labute approximate surface area is 59.6 Å². The third-order valence-electron chi connectivity index (χ3n) is 0.800. The summed E-state index contributed by atoms with van der Waals surface area (Å²) in [5, 5.41) is 0. The highest BCUT2D eigenvalue weighted by Gasteiger charge is 1.72. The van der Waals surface area contributed by atoms with Crippen LogP contribution < -0.4 is 5.73 Å². The van der Waals surface area contributed by atoms with Crippen LogP contribution in [-0.4, -0.2) is 17.4 Å². The Morgan fingerprint density at radius 3 is 1.75 bits per heavy atom. The summed E-state index contributed by atoms with van der Waals surface area (Å²) in [4.78, 5) is 0. The summed E-state index contributed by atoms with van der Waals surface area (Å²) in [6.45, 7) is 0. The van der Waals surface area contributed by atoms with Crippen LogP contribution in [0, 0.1) is 0 Å². The van der Waals surface area contributed by atoms with E-state index in [4.69, 9.17) is 5.73 Å². The number of benzene rings is 1. The number of hydrogen-bond acceptors (Lipinski definition) is 1. The SMILES string of the molecule is Nc1ccccc1.[Al]. The first kappa shape index (κ1) is 7.55. The first-order valence-corrected chi connectivity index (χ1v) is 2.20. The lowest BCUT2D eigenvalue weighted by molar-refractivity contribution is 1.69. The van der Waals surface area contributed by atoms with Crippen molar-refractivity contribution >= 4 is 23.0 Å². The highest BCUT2D eigenvalue weighted by Crippen LogP contribution is 1.95. The molecule has 0 aliphatic rings. The minimum Gasteiger partial charge on any atom is -0.399 e. The maximum absolute atomic E-state index is 5.36. The summed E-state index contributed by atoms with van der Waals surface area (Å²) in [5.74, 6) is 0. The molecule has 0 aliphatic carbocycles. The molecule has 1 nitrogen and oxygen atoms in total. The van der Waals surface area contributed by atoms with Crippen LogP contribution in [0.25, 0.3) is 0 Å². The van der Waals surface area contributed by atoms with Gasteiger partial charge in [0.1, 0.15) is 0 Å². The second-order valence-electron chi connectivity index (χ2n) is 1.41. The smallest absolute Gasteiger partial charge is 0.0313 e. The highest BCUT2D eigenvalue weighted by molar-refractivity contribution is 5.75. The van der Waals surface area contributed by atoms with Crippen molar-refractivity contribution in [3.8, 4) is 0 Å². The molecule has 0 spiro atoms. The Bertz CT molecular complexity index is 138. The van der Waals surface area contributed by atoms with Gasteiger partial charge >= 0.3 is 0 Å². The third kappa shape index (κ3) is 2.02. The van der Waals surface area contributed by atoms with E-state index in [0.717, 1.165) is 5.69 Å².